The smallest absolute Gasteiger partial charge is 0.550 e. The van der Waals surface area contributed by atoms with Gasteiger partial charge in [-0.1, -0.05) is 24.3 Å². The quantitative estimate of drug-likeness (QED) is 0.395. The zero-order chi connectivity index (χ0) is 20.9. The van der Waals surface area contributed by atoms with Crippen LogP contribution in [0.15, 0.2) is 53.4 Å². The van der Waals surface area contributed by atoms with Crippen LogP contribution in [0, 0.1) is 0 Å². The Morgan fingerprint density at radius 3 is 2.47 bits per heavy atom. The Morgan fingerprint density at radius 2 is 1.77 bits per heavy atom. The van der Waals surface area contributed by atoms with E-state index in [2.05, 4.69) is 10.0 Å². The van der Waals surface area contributed by atoms with Crippen LogP contribution in [0.3, 0.4) is 0 Å². The molecule has 0 aromatic heterocycles. The van der Waals surface area contributed by atoms with Crippen molar-refractivity contribution >= 4 is 21.9 Å². The van der Waals surface area contributed by atoms with E-state index < -0.39 is 21.9 Å². The average Bonchev–Trinajstić information content (AvgIpc) is 3.07. The average molecular weight is 440 g/mol. The van der Waals surface area contributed by atoms with Crippen molar-refractivity contribution in [3.63, 3.8) is 0 Å². The maximum Gasteiger partial charge on any atom is 1.00 e. The Balaban J connectivity index is 0.00000320. The van der Waals surface area contributed by atoms with Gasteiger partial charge in [0.25, 0.3) is 5.91 Å². The Bertz CT molecular complexity index is 998. The van der Waals surface area contributed by atoms with Gasteiger partial charge in [-0.3, -0.25) is 4.79 Å². The molecule has 0 aliphatic heterocycles. The predicted octanol–water partition coefficient (Wildman–Crippen LogP) is -3.23. The largest absolute Gasteiger partial charge is 1.00 e. The number of ether oxygens (including phenoxy) is 1. The number of benzene rings is 2. The van der Waals surface area contributed by atoms with Gasteiger partial charge in [0.1, 0.15) is 5.75 Å². The molecular formula is C20H21N2NaO6S. The maximum atomic E-state index is 12.5. The van der Waals surface area contributed by atoms with Crippen LogP contribution in [-0.2, 0) is 32.5 Å². The molecule has 0 saturated heterocycles. The maximum absolute atomic E-state index is 12.5. The first kappa shape index (κ1) is 24.4. The summed E-state index contributed by atoms with van der Waals surface area (Å²) in [6.07, 6.45) is 0.840. The van der Waals surface area contributed by atoms with Crippen molar-refractivity contribution in [3.8, 4) is 5.75 Å². The summed E-state index contributed by atoms with van der Waals surface area (Å²) >= 11 is 0. The van der Waals surface area contributed by atoms with Gasteiger partial charge in [-0.25, -0.2) is 13.1 Å². The predicted molar refractivity (Wildman–Crippen MR) is 103 cm³/mol. The number of carboxylic acids is 1. The number of amides is 1. The van der Waals surface area contributed by atoms with E-state index in [9.17, 15) is 23.1 Å². The van der Waals surface area contributed by atoms with Crippen LogP contribution < -0.4 is 49.4 Å². The molecule has 0 radical (unpaired) electrons. The number of sulfonamides is 1. The van der Waals surface area contributed by atoms with E-state index in [-0.39, 0.29) is 60.1 Å². The molecule has 1 aliphatic carbocycles. The van der Waals surface area contributed by atoms with E-state index in [4.69, 9.17) is 4.74 Å². The summed E-state index contributed by atoms with van der Waals surface area (Å²) in [5.41, 5.74) is 1.98. The summed E-state index contributed by atoms with van der Waals surface area (Å²) in [7, 11) is -3.59. The molecule has 2 N–H and O–H groups in total. The van der Waals surface area contributed by atoms with Gasteiger partial charge in [0, 0.05) is 25.0 Å². The fourth-order valence-electron chi connectivity index (χ4n) is 3.16. The summed E-state index contributed by atoms with van der Waals surface area (Å²) in [6.45, 7) is -0.256. The molecule has 1 amide bonds. The SMILES string of the molecule is O=C([O-])CCNC(=O)COc1ccc2c(c1)CC(NS(=O)(=O)c1ccccc1)C2.[Na+]. The van der Waals surface area contributed by atoms with Crippen molar-refractivity contribution in [2.45, 2.75) is 30.2 Å². The summed E-state index contributed by atoms with van der Waals surface area (Å²) in [5, 5.41) is 12.7. The molecule has 10 heteroatoms. The van der Waals surface area contributed by atoms with Gasteiger partial charge < -0.3 is 20.0 Å². The molecular weight excluding hydrogens is 419 g/mol. The third kappa shape index (κ3) is 6.82. The second kappa shape index (κ2) is 10.9. The van der Waals surface area contributed by atoms with E-state index in [1.807, 2.05) is 6.07 Å². The number of hydrogen-bond donors (Lipinski definition) is 2. The van der Waals surface area contributed by atoms with E-state index >= 15 is 0 Å². The minimum atomic E-state index is -3.59. The normalized spacial score (nSPS) is 15.0. The number of carboxylic acid groups (broad SMARTS) is 1. The summed E-state index contributed by atoms with van der Waals surface area (Å²) in [6, 6.07) is 13.3. The van der Waals surface area contributed by atoms with Crippen LogP contribution in [-0.4, -0.2) is 39.5 Å². The van der Waals surface area contributed by atoms with Crippen molar-refractivity contribution in [1.82, 2.24) is 10.0 Å². The van der Waals surface area contributed by atoms with E-state index in [0.717, 1.165) is 11.1 Å². The number of hydrogen-bond acceptors (Lipinski definition) is 6. The minimum absolute atomic E-state index is 0. The fourth-order valence-corrected chi connectivity index (χ4v) is 4.42. The van der Waals surface area contributed by atoms with Crippen LogP contribution >= 0.6 is 0 Å². The molecule has 2 aromatic rings. The number of carbonyl (C=O) groups is 2. The third-order valence-corrected chi connectivity index (χ3v) is 6.04. The molecule has 8 nitrogen and oxygen atoms in total. The van der Waals surface area contributed by atoms with Crippen molar-refractivity contribution in [1.29, 1.82) is 0 Å². The van der Waals surface area contributed by atoms with E-state index in [1.165, 1.54) is 0 Å². The van der Waals surface area contributed by atoms with E-state index in [0.29, 0.717) is 18.6 Å². The molecule has 2 aromatic carbocycles. The molecule has 154 valence electrons. The standard InChI is InChI=1S/C20H22N2O6S.Na/c23-19(21-9-8-20(24)25)13-28-17-7-6-14-10-16(11-15(14)12-17)22-29(26,27)18-4-2-1-3-5-18;/h1-7,12,16,22H,8-11,13H2,(H,21,23)(H,24,25);/q;+1/p-1. The molecule has 1 unspecified atom stereocenters. The van der Waals surface area contributed by atoms with Gasteiger partial charge in [0.2, 0.25) is 10.0 Å². The molecule has 3 rings (SSSR count). The zero-order valence-electron chi connectivity index (χ0n) is 16.6. The van der Waals surface area contributed by atoms with Gasteiger partial charge in [0.15, 0.2) is 6.61 Å². The van der Waals surface area contributed by atoms with Crippen LogP contribution in [0.4, 0.5) is 0 Å². The Labute approximate surface area is 197 Å². The number of rotatable bonds is 9. The molecule has 1 atom stereocenters. The summed E-state index contributed by atoms with van der Waals surface area (Å²) < 4.78 is 33.2. The minimum Gasteiger partial charge on any atom is -0.550 e. The van der Waals surface area contributed by atoms with Crippen LogP contribution in [0.1, 0.15) is 17.5 Å². The molecule has 1 aliphatic rings. The molecule has 30 heavy (non-hydrogen) atoms. The van der Waals surface area contributed by atoms with Crippen LogP contribution in [0.2, 0.25) is 0 Å². The zero-order valence-corrected chi connectivity index (χ0v) is 19.4. The van der Waals surface area contributed by atoms with Gasteiger partial charge in [-0.05, 0) is 48.2 Å². The van der Waals surface area contributed by atoms with Crippen LogP contribution in [0.25, 0.3) is 0 Å². The Hall–Kier alpha value is -1.91. The Kier molecular flexibility index (Phi) is 8.87. The van der Waals surface area contributed by atoms with Crippen molar-refractivity contribution in [2.24, 2.45) is 0 Å². The summed E-state index contributed by atoms with van der Waals surface area (Å²) in [5.74, 6) is -1.17. The first-order chi connectivity index (χ1) is 13.8. The summed E-state index contributed by atoms with van der Waals surface area (Å²) in [4.78, 5) is 22.2. The second-order valence-corrected chi connectivity index (χ2v) is 8.44. The fraction of sp³-hybridized carbons (Fsp3) is 0.300. The molecule has 0 fully saturated rings. The number of nitrogens with one attached hydrogen (secondary N) is 2. The Morgan fingerprint density at radius 1 is 1.07 bits per heavy atom. The molecule has 0 heterocycles. The van der Waals surface area contributed by atoms with Crippen molar-refractivity contribution in [3.05, 3.63) is 59.7 Å². The van der Waals surface area contributed by atoms with E-state index in [1.54, 1.807) is 42.5 Å². The molecule has 0 bridgehead atoms. The first-order valence-corrected chi connectivity index (χ1v) is 10.6. The third-order valence-electron chi connectivity index (χ3n) is 4.51. The van der Waals surface area contributed by atoms with Gasteiger partial charge >= 0.3 is 29.6 Å². The van der Waals surface area contributed by atoms with Crippen molar-refractivity contribution in [2.75, 3.05) is 13.2 Å². The van der Waals surface area contributed by atoms with Gasteiger partial charge in [-0.2, -0.15) is 0 Å². The molecule has 0 saturated carbocycles. The van der Waals surface area contributed by atoms with Crippen molar-refractivity contribution < 1.29 is 57.4 Å². The van der Waals surface area contributed by atoms with Gasteiger partial charge in [0.05, 0.1) is 4.90 Å². The first-order valence-electron chi connectivity index (χ1n) is 9.12. The second-order valence-electron chi connectivity index (χ2n) is 6.73. The topological polar surface area (TPSA) is 125 Å². The number of fused-ring (bicyclic) bond motifs is 1. The number of carbonyl (C=O) groups excluding carboxylic acids is 2. The monoisotopic (exact) mass is 440 g/mol. The molecule has 0 spiro atoms. The number of aliphatic carboxylic acids is 1. The van der Waals surface area contributed by atoms with Gasteiger partial charge in [-0.15, -0.1) is 0 Å². The van der Waals surface area contributed by atoms with Crippen LogP contribution in [0.5, 0.6) is 5.75 Å².